The van der Waals surface area contributed by atoms with Crippen molar-refractivity contribution in [1.29, 1.82) is 0 Å². The minimum Gasteiger partial charge on any atom is -0.314 e. The van der Waals surface area contributed by atoms with Crippen LogP contribution in [0.3, 0.4) is 0 Å². The van der Waals surface area contributed by atoms with Gasteiger partial charge in [0.2, 0.25) is 10.0 Å². The second-order valence-corrected chi connectivity index (χ2v) is 8.41. The highest BCUT2D eigenvalue weighted by atomic mass is 32.2. The predicted molar refractivity (Wildman–Crippen MR) is 85.3 cm³/mol. The molecule has 0 radical (unpaired) electrons. The van der Waals surface area contributed by atoms with E-state index in [9.17, 15) is 12.8 Å². The van der Waals surface area contributed by atoms with Gasteiger partial charge in [0.05, 0.1) is 18.6 Å². The van der Waals surface area contributed by atoms with Crippen LogP contribution in [-0.4, -0.2) is 22.3 Å². The lowest BCUT2D eigenvalue weighted by Crippen LogP contribution is -2.41. The Morgan fingerprint density at radius 2 is 2.00 bits per heavy atom. The van der Waals surface area contributed by atoms with E-state index >= 15 is 0 Å². The molecule has 1 aliphatic rings. The van der Waals surface area contributed by atoms with Crippen LogP contribution in [0.4, 0.5) is 4.39 Å². The Kier molecular flexibility index (Phi) is 4.25. The second-order valence-electron chi connectivity index (χ2n) is 6.32. The van der Waals surface area contributed by atoms with Crippen LogP contribution in [0.1, 0.15) is 36.9 Å². The van der Waals surface area contributed by atoms with Crippen molar-refractivity contribution in [2.24, 2.45) is 5.92 Å². The van der Waals surface area contributed by atoms with Gasteiger partial charge in [-0.15, -0.1) is 0 Å². The molecule has 1 unspecified atom stereocenters. The van der Waals surface area contributed by atoms with Gasteiger partial charge in [-0.3, -0.25) is 0 Å². The van der Waals surface area contributed by atoms with Gasteiger partial charge < -0.3 is 4.57 Å². The Morgan fingerprint density at radius 3 is 2.65 bits per heavy atom. The van der Waals surface area contributed by atoms with Gasteiger partial charge in [0, 0.05) is 12.7 Å². The van der Waals surface area contributed by atoms with Crippen LogP contribution < -0.4 is 0 Å². The van der Waals surface area contributed by atoms with Gasteiger partial charge in [0.1, 0.15) is 5.82 Å². The average molecular weight is 337 g/mol. The van der Waals surface area contributed by atoms with Crippen LogP contribution in [0, 0.1) is 11.7 Å². The Bertz CT molecular complexity index is 784. The summed E-state index contributed by atoms with van der Waals surface area (Å²) in [6.45, 7) is 4.53. The van der Waals surface area contributed by atoms with Gasteiger partial charge in [0.25, 0.3) is 0 Å². The number of hydrogen-bond donors (Lipinski definition) is 0. The van der Waals surface area contributed by atoms with E-state index in [2.05, 4.69) is 4.98 Å². The molecule has 0 N–H and O–H groups in total. The van der Waals surface area contributed by atoms with Crippen molar-refractivity contribution < 1.29 is 12.8 Å². The number of rotatable bonds is 4. The van der Waals surface area contributed by atoms with E-state index in [0.29, 0.717) is 6.42 Å². The number of hydrogen-bond acceptors (Lipinski definition) is 3. The number of nitrogens with zero attached hydrogens (tertiary/aromatic N) is 3. The molecule has 0 fully saturated rings. The van der Waals surface area contributed by atoms with E-state index in [0.717, 1.165) is 11.3 Å². The van der Waals surface area contributed by atoms with Crippen molar-refractivity contribution in [2.75, 3.05) is 0 Å². The van der Waals surface area contributed by atoms with Crippen molar-refractivity contribution >= 4 is 10.0 Å². The molecule has 0 saturated heterocycles. The Hall–Kier alpha value is -1.73. The van der Waals surface area contributed by atoms with Crippen LogP contribution in [0.5, 0.6) is 0 Å². The molecule has 7 heteroatoms. The molecule has 1 aromatic heterocycles. The lowest BCUT2D eigenvalue weighted by Gasteiger charge is -2.34. The van der Waals surface area contributed by atoms with Crippen LogP contribution in [0.2, 0.25) is 0 Å². The number of benzene rings is 1. The highest BCUT2D eigenvalue weighted by Crippen LogP contribution is 2.34. The quantitative estimate of drug-likeness (QED) is 0.862. The first kappa shape index (κ1) is 16.1. The summed E-state index contributed by atoms with van der Waals surface area (Å²) in [5.74, 6) is -0.0817. The zero-order valence-corrected chi connectivity index (χ0v) is 14.0. The molecule has 5 nitrogen and oxygen atoms in total. The monoisotopic (exact) mass is 337 g/mol. The fourth-order valence-electron chi connectivity index (χ4n) is 2.88. The maximum Gasteiger partial charge on any atom is 0.236 e. The van der Waals surface area contributed by atoms with E-state index in [1.165, 1.54) is 16.4 Å². The number of fused-ring (bicyclic) bond motifs is 1. The molecular weight excluding hydrogens is 317 g/mol. The van der Waals surface area contributed by atoms with Gasteiger partial charge in [-0.25, -0.2) is 17.8 Å². The zero-order chi connectivity index (χ0) is 16.6. The highest BCUT2D eigenvalue weighted by molar-refractivity contribution is 7.89. The summed E-state index contributed by atoms with van der Waals surface area (Å²) in [7, 11) is -3.49. The maximum absolute atomic E-state index is 13.0. The predicted octanol–water partition coefficient (Wildman–Crippen LogP) is 2.91. The van der Waals surface area contributed by atoms with Gasteiger partial charge >= 0.3 is 0 Å². The summed E-state index contributed by atoms with van der Waals surface area (Å²) in [4.78, 5) is 4.10. The van der Waals surface area contributed by atoms with Gasteiger partial charge in [-0.1, -0.05) is 26.0 Å². The molecule has 0 spiro atoms. The topological polar surface area (TPSA) is 55.2 Å². The van der Waals surface area contributed by atoms with Gasteiger partial charge in [-0.05, 0) is 30.0 Å². The lowest BCUT2D eigenvalue weighted by molar-refractivity contribution is 0.330. The first-order valence-corrected chi connectivity index (χ1v) is 9.12. The second kappa shape index (κ2) is 6.05. The minimum atomic E-state index is -3.49. The standard InChI is InChI=1S/C16H20FN3O2S/c1-12(2)7-16-20-11-18-8-15(20)10-19(23(16,21)22)9-13-3-5-14(17)6-4-13/h3-6,8,11-12,16H,7,9-10H2,1-2H3. The fraction of sp³-hybridized carbons (Fsp3) is 0.438. The minimum absolute atomic E-state index is 0.238. The summed E-state index contributed by atoms with van der Waals surface area (Å²) < 4.78 is 42.2. The SMILES string of the molecule is CC(C)CC1n2cncc2CN(Cc2ccc(F)cc2)S1(=O)=O. The molecule has 1 aliphatic heterocycles. The smallest absolute Gasteiger partial charge is 0.236 e. The normalized spacial score (nSPS) is 20.6. The molecule has 23 heavy (non-hydrogen) atoms. The molecule has 1 aromatic carbocycles. The van der Waals surface area contributed by atoms with Crippen LogP contribution in [-0.2, 0) is 23.1 Å². The van der Waals surface area contributed by atoms with Gasteiger partial charge in [-0.2, -0.15) is 4.31 Å². The van der Waals surface area contributed by atoms with E-state index in [1.807, 2.05) is 13.8 Å². The van der Waals surface area contributed by atoms with Crippen molar-refractivity contribution in [3.8, 4) is 0 Å². The Balaban J connectivity index is 1.94. The Labute approximate surface area is 135 Å². The number of sulfonamides is 1. The lowest BCUT2D eigenvalue weighted by atomic mass is 10.1. The largest absolute Gasteiger partial charge is 0.314 e. The first-order chi connectivity index (χ1) is 10.9. The number of halogens is 1. The highest BCUT2D eigenvalue weighted by Gasteiger charge is 2.39. The van der Waals surface area contributed by atoms with E-state index in [4.69, 9.17) is 0 Å². The van der Waals surface area contributed by atoms with Crippen molar-refractivity contribution in [1.82, 2.24) is 13.9 Å². The maximum atomic E-state index is 13.0. The van der Waals surface area contributed by atoms with Crippen LogP contribution in [0.25, 0.3) is 0 Å². The molecule has 2 heterocycles. The summed E-state index contributed by atoms with van der Waals surface area (Å²) in [6, 6.07) is 5.94. The van der Waals surface area contributed by atoms with Crippen LogP contribution in [0.15, 0.2) is 36.8 Å². The van der Waals surface area contributed by atoms with E-state index in [-0.39, 0.29) is 24.8 Å². The van der Waals surface area contributed by atoms with Gasteiger partial charge in [0.15, 0.2) is 5.37 Å². The third-order valence-corrected chi connectivity index (χ3v) is 6.13. The summed E-state index contributed by atoms with van der Waals surface area (Å²) >= 11 is 0. The van der Waals surface area contributed by atoms with Crippen molar-refractivity contribution in [2.45, 2.75) is 38.7 Å². The number of imidazole rings is 1. The molecule has 1 atom stereocenters. The van der Waals surface area contributed by atoms with E-state index < -0.39 is 15.4 Å². The average Bonchev–Trinajstić information content (AvgIpc) is 2.93. The number of aromatic nitrogens is 2. The molecule has 0 saturated carbocycles. The summed E-state index contributed by atoms with van der Waals surface area (Å²) in [6.07, 6.45) is 3.83. The first-order valence-electron chi connectivity index (χ1n) is 7.62. The molecule has 2 aromatic rings. The van der Waals surface area contributed by atoms with E-state index in [1.54, 1.807) is 29.2 Å². The third-order valence-electron chi connectivity index (χ3n) is 4.04. The molecule has 124 valence electrons. The summed E-state index contributed by atoms with van der Waals surface area (Å²) in [5.41, 5.74) is 1.65. The molecule has 0 aliphatic carbocycles. The van der Waals surface area contributed by atoms with Crippen molar-refractivity contribution in [3.63, 3.8) is 0 Å². The summed E-state index contributed by atoms with van der Waals surface area (Å²) in [5, 5.41) is -0.630. The molecular formula is C16H20FN3O2S. The van der Waals surface area contributed by atoms with Crippen LogP contribution >= 0.6 is 0 Å². The van der Waals surface area contributed by atoms with Crippen molar-refractivity contribution in [3.05, 3.63) is 53.9 Å². The third kappa shape index (κ3) is 3.16. The Morgan fingerprint density at radius 1 is 1.30 bits per heavy atom. The zero-order valence-electron chi connectivity index (χ0n) is 13.2. The fourth-order valence-corrected chi connectivity index (χ4v) is 4.97. The molecule has 3 rings (SSSR count). The molecule has 0 bridgehead atoms. The molecule has 0 amide bonds.